The molecule has 2 heterocycles. The predicted octanol–water partition coefficient (Wildman–Crippen LogP) is 3.33. The molecule has 0 fully saturated rings. The van der Waals surface area contributed by atoms with Gasteiger partial charge in [0.2, 0.25) is 0 Å². The Kier molecular flexibility index (Phi) is 5.88. The molecule has 1 N–H and O–H groups in total. The van der Waals surface area contributed by atoms with Crippen LogP contribution in [0.3, 0.4) is 0 Å². The lowest BCUT2D eigenvalue weighted by Gasteiger charge is -2.08. The molecule has 6 nitrogen and oxygen atoms in total. The van der Waals surface area contributed by atoms with Gasteiger partial charge >= 0.3 is 0 Å². The quantitative estimate of drug-likeness (QED) is 0.601. The average molecular weight is 416 g/mol. The maximum Gasteiger partial charge on any atom is 0.251 e. The van der Waals surface area contributed by atoms with Crippen molar-refractivity contribution < 1.29 is 4.79 Å². The number of benzene rings is 1. The van der Waals surface area contributed by atoms with Crippen LogP contribution in [0.25, 0.3) is 0 Å². The SMILES string of the molecule is Cc1nn(CCCNC(=O)c2cccc(Cn3cccn3)c2)c(C)c1Br. The van der Waals surface area contributed by atoms with Crippen LogP contribution in [0.1, 0.15) is 33.7 Å². The molecule has 2 aromatic heterocycles. The zero-order valence-electron chi connectivity index (χ0n) is 14.9. The molecule has 0 unspecified atom stereocenters. The van der Waals surface area contributed by atoms with Crippen molar-refractivity contribution in [3.8, 4) is 0 Å². The fourth-order valence-corrected chi connectivity index (χ4v) is 3.10. The molecule has 26 heavy (non-hydrogen) atoms. The van der Waals surface area contributed by atoms with Crippen LogP contribution in [0.15, 0.2) is 47.2 Å². The molecule has 1 amide bonds. The number of nitrogens with zero attached hydrogens (tertiary/aromatic N) is 4. The number of halogens is 1. The van der Waals surface area contributed by atoms with Crippen molar-refractivity contribution in [1.29, 1.82) is 0 Å². The van der Waals surface area contributed by atoms with E-state index in [4.69, 9.17) is 0 Å². The van der Waals surface area contributed by atoms with E-state index in [2.05, 4.69) is 31.4 Å². The number of carbonyl (C=O) groups is 1. The van der Waals surface area contributed by atoms with E-state index >= 15 is 0 Å². The summed E-state index contributed by atoms with van der Waals surface area (Å²) in [5, 5.41) is 11.7. The van der Waals surface area contributed by atoms with Gasteiger partial charge in [-0.1, -0.05) is 12.1 Å². The molecule has 0 radical (unpaired) electrons. The molecule has 0 atom stereocenters. The maximum atomic E-state index is 12.4. The number of aromatic nitrogens is 4. The van der Waals surface area contributed by atoms with Crippen molar-refractivity contribution in [2.75, 3.05) is 6.54 Å². The summed E-state index contributed by atoms with van der Waals surface area (Å²) in [6, 6.07) is 9.54. The normalized spacial score (nSPS) is 10.9. The molecule has 1 aromatic carbocycles. The molecule has 136 valence electrons. The maximum absolute atomic E-state index is 12.4. The third-order valence-corrected chi connectivity index (χ3v) is 5.37. The van der Waals surface area contributed by atoms with Crippen molar-refractivity contribution in [2.24, 2.45) is 0 Å². The molecule has 7 heteroatoms. The molecule has 0 saturated carbocycles. The molecule has 0 aliphatic carbocycles. The van der Waals surface area contributed by atoms with Gasteiger partial charge in [0.05, 0.1) is 16.7 Å². The van der Waals surface area contributed by atoms with E-state index in [0.29, 0.717) is 18.7 Å². The van der Waals surface area contributed by atoms with Gasteiger partial charge in [0.15, 0.2) is 0 Å². The molecule has 0 aliphatic rings. The van der Waals surface area contributed by atoms with Crippen LogP contribution in [0.2, 0.25) is 0 Å². The molecule has 0 aliphatic heterocycles. The van der Waals surface area contributed by atoms with Gasteiger partial charge in [-0.2, -0.15) is 10.2 Å². The van der Waals surface area contributed by atoms with Crippen LogP contribution in [-0.4, -0.2) is 32.0 Å². The Hall–Kier alpha value is -2.41. The van der Waals surface area contributed by atoms with Crippen molar-refractivity contribution in [2.45, 2.75) is 33.4 Å². The standard InChI is InChI=1S/C19H22BrN5O/c1-14-18(20)15(2)25(23-14)11-4-8-21-19(26)17-7-3-6-16(12-17)13-24-10-5-9-22-24/h3,5-7,9-10,12H,4,8,11,13H2,1-2H3,(H,21,26). The van der Waals surface area contributed by atoms with E-state index in [0.717, 1.165) is 34.4 Å². The van der Waals surface area contributed by atoms with Crippen molar-refractivity contribution in [1.82, 2.24) is 24.9 Å². The largest absolute Gasteiger partial charge is 0.352 e. The number of hydrogen-bond donors (Lipinski definition) is 1. The summed E-state index contributed by atoms with van der Waals surface area (Å²) in [6.45, 7) is 6.05. The van der Waals surface area contributed by atoms with Gasteiger partial charge in [-0.25, -0.2) is 0 Å². The minimum absolute atomic E-state index is 0.0538. The second-order valence-corrected chi connectivity index (χ2v) is 7.01. The Morgan fingerprint density at radius 2 is 2.12 bits per heavy atom. The Balaban J connectivity index is 1.51. The summed E-state index contributed by atoms with van der Waals surface area (Å²) in [7, 11) is 0. The fourth-order valence-electron chi connectivity index (χ4n) is 2.82. The lowest BCUT2D eigenvalue weighted by Crippen LogP contribution is -2.25. The third-order valence-electron chi connectivity index (χ3n) is 4.22. The van der Waals surface area contributed by atoms with Crippen LogP contribution in [-0.2, 0) is 13.1 Å². The highest BCUT2D eigenvalue weighted by molar-refractivity contribution is 9.10. The van der Waals surface area contributed by atoms with Gasteiger partial charge in [-0.05, 0) is 60.0 Å². The summed E-state index contributed by atoms with van der Waals surface area (Å²) in [5.74, 6) is -0.0538. The van der Waals surface area contributed by atoms with Gasteiger partial charge in [0, 0.05) is 36.7 Å². The van der Waals surface area contributed by atoms with Crippen LogP contribution in [0, 0.1) is 13.8 Å². The zero-order valence-corrected chi connectivity index (χ0v) is 16.5. The van der Waals surface area contributed by atoms with Crippen molar-refractivity contribution in [3.63, 3.8) is 0 Å². The number of rotatable bonds is 7. The first kappa shape index (κ1) is 18.4. The van der Waals surface area contributed by atoms with Gasteiger partial charge < -0.3 is 5.32 Å². The Labute approximate surface area is 161 Å². The van der Waals surface area contributed by atoms with E-state index in [-0.39, 0.29) is 5.91 Å². The monoisotopic (exact) mass is 415 g/mol. The average Bonchev–Trinajstić information content (AvgIpc) is 3.23. The second kappa shape index (κ2) is 8.31. The topological polar surface area (TPSA) is 64.7 Å². The third kappa shape index (κ3) is 4.40. The second-order valence-electron chi connectivity index (χ2n) is 6.22. The first-order chi connectivity index (χ1) is 12.5. The highest BCUT2D eigenvalue weighted by Gasteiger charge is 2.09. The molecular weight excluding hydrogens is 394 g/mol. The summed E-state index contributed by atoms with van der Waals surface area (Å²) in [6.07, 6.45) is 4.48. The number of aryl methyl sites for hydroxylation is 2. The lowest BCUT2D eigenvalue weighted by molar-refractivity contribution is 0.0952. The minimum atomic E-state index is -0.0538. The first-order valence-corrected chi connectivity index (χ1v) is 9.38. The van der Waals surface area contributed by atoms with E-state index in [1.807, 2.05) is 59.7 Å². The van der Waals surface area contributed by atoms with Gasteiger partial charge in [0.25, 0.3) is 5.91 Å². The molecular formula is C19H22BrN5O. The minimum Gasteiger partial charge on any atom is -0.352 e. The summed E-state index contributed by atoms with van der Waals surface area (Å²) in [5.41, 5.74) is 3.82. The fraction of sp³-hybridized carbons (Fsp3) is 0.316. The molecule has 3 rings (SSSR count). The molecule has 3 aromatic rings. The van der Waals surface area contributed by atoms with Crippen LogP contribution >= 0.6 is 15.9 Å². The smallest absolute Gasteiger partial charge is 0.251 e. The molecule has 0 saturated heterocycles. The molecule has 0 spiro atoms. The summed E-state index contributed by atoms with van der Waals surface area (Å²) < 4.78 is 4.86. The number of hydrogen-bond acceptors (Lipinski definition) is 3. The first-order valence-electron chi connectivity index (χ1n) is 8.58. The van der Waals surface area contributed by atoms with E-state index < -0.39 is 0 Å². The van der Waals surface area contributed by atoms with Crippen LogP contribution in [0.5, 0.6) is 0 Å². The highest BCUT2D eigenvalue weighted by Crippen LogP contribution is 2.19. The van der Waals surface area contributed by atoms with Crippen LogP contribution < -0.4 is 5.32 Å². The van der Waals surface area contributed by atoms with E-state index in [9.17, 15) is 4.79 Å². The number of amides is 1. The summed E-state index contributed by atoms with van der Waals surface area (Å²) in [4.78, 5) is 12.4. The number of carbonyl (C=O) groups excluding carboxylic acids is 1. The highest BCUT2D eigenvalue weighted by atomic mass is 79.9. The Morgan fingerprint density at radius 3 is 2.81 bits per heavy atom. The van der Waals surface area contributed by atoms with Crippen molar-refractivity contribution in [3.05, 3.63) is 69.7 Å². The van der Waals surface area contributed by atoms with E-state index in [1.54, 1.807) is 6.20 Å². The van der Waals surface area contributed by atoms with Gasteiger partial charge in [0.1, 0.15) is 0 Å². The van der Waals surface area contributed by atoms with Gasteiger partial charge in [-0.3, -0.25) is 14.2 Å². The Bertz CT molecular complexity index is 885. The lowest BCUT2D eigenvalue weighted by atomic mass is 10.1. The predicted molar refractivity (Wildman–Crippen MR) is 104 cm³/mol. The van der Waals surface area contributed by atoms with Gasteiger partial charge in [-0.15, -0.1) is 0 Å². The Morgan fingerprint density at radius 1 is 1.27 bits per heavy atom. The van der Waals surface area contributed by atoms with Crippen molar-refractivity contribution >= 4 is 21.8 Å². The van der Waals surface area contributed by atoms with E-state index in [1.165, 1.54) is 0 Å². The zero-order chi connectivity index (χ0) is 18.5. The van der Waals surface area contributed by atoms with Crippen LogP contribution in [0.4, 0.5) is 0 Å². The molecule has 0 bridgehead atoms. The summed E-state index contributed by atoms with van der Waals surface area (Å²) >= 11 is 3.53. The number of nitrogens with one attached hydrogen (secondary N) is 1.